The second kappa shape index (κ2) is 7.44. The van der Waals surface area contributed by atoms with E-state index in [9.17, 15) is 0 Å². The van der Waals surface area contributed by atoms with Crippen molar-refractivity contribution in [2.24, 2.45) is 0 Å². The average Bonchev–Trinajstić information content (AvgIpc) is 3.09. The zero-order valence-electron chi connectivity index (χ0n) is 17.9. The standard InChI is InChI=1S/C28H32N/c1-3-5-11-23-20-26-24-15-10-9-12-21(24)16-18-28(4-2)19-17-25(29(26)28)27(23)22-13-7-6-8-14-22/h6-10,12-15,20H,3-5,11,16-19H2,1-2H3/q+1. The molecule has 5 rings (SSSR count). The number of fused-ring (bicyclic) bond motifs is 2. The summed E-state index contributed by atoms with van der Waals surface area (Å²) in [4.78, 5) is 0. The molecule has 1 unspecified atom stereocenters. The summed E-state index contributed by atoms with van der Waals surface area (Å²) in [7, 11) is 0. The van der Waals surface area contributed by atoms with Crippen LogP contribution in [-0.2, 0) is 24.8 Å². The summed E-state index contributed by atoms with van der Waals surface area (Å²) in [5.41, 5.74) is 10.8. The number of hydrogen-bond acceptors (Lipinski definition) is 0. The molecule has 0 saturated heterocycles. The van der Waals surface area contributed by atoms with Gasteiger partial charge in [-0.1, -0.05) is 68.8 Å². The van der Waals surface area contributed by atoms with E-state index < -0.39 is 0 Å². The number of aromatic nitrogens is 1. The van der Waals surface area contributed by atoms with Crippen LogP contribution in [0.25, 0.3) is 22.4 Å². The highest BCUT2D eigenvalue weighted by molar-refractivity contribution is 5.73. The zero-order chi connectivity index (χ0) is 19.8. The highest BCUT2D eigenvalue weighted by Crippen LogP contribution is 2.43. The van der Waals surface area contributed by atoms with Crippen molar-refractivity contribution >= 4 is 0 Å². The normalized spacial score (nSPS) is 19.5. The Labute approximate surface area is 175 Å². The molecule has 1 heteroatoms. The third kappa shape index (κ3) is 2.94. The van der Waals surface area contributed by atoms with Gasteiger partial charge in [0.05, 0.1) is 5.56 Å². The van der Waals surface area contributed by atoms with Gasteiger partial charge in [-0.3, -0.25) is 0 Å². The SMILES string of the molecule is CCCCc1cc2[n+]3c(c1-c1ccccc1)CCC3(CC)CCc1ccccc1-2. The van der Waals surface area contributed by atoms with Crippen LogP contribution < -0.4 is 4.57 Å². The minimum atomic E-state index is 0.274. The van der Waals surface area contributed by atoms with Crippen LogP contribution in [0.5, 0.6) is 0 Å². The van der Waals surface area contributed by atoms with Gasteiger partial charge in [-0.25, -0.2) is 0 Å². The Morgan fingerprint density at radius 3 is 2.45 bits per heavy atom. The Morgan fingerprint density at radius 2 is 1.66 bits per heavy atom. The van der Waals surface area contributed by atoms with Crippen LogP contribution in [0.4, 0.5) is 0 Å². The highest BCUT2D eigenvalue weighted by Gasteiger charge is 2.50. The van der Waals surface area contributed by atoms with Crippen molar-refractivity contribution in [2.45, 2.75) is 70.8 Å². The van der Waals surface area contributed by atoms with Gasteiger partial charge in [-0.05, 0) is 42.0 Å². The average molecular weight is 383 g/mol. The van der Waals surface area contributed by atoms with Crippen molar-refractivity contribution in [1.82, 2.24) is 0 Å². The van der Waals surface area contributed by atoms with Crippen LogP contribution >= 0.6 is 0 Å². The maximum atomic E-state index is 2.79. The number of benzene rings is 2. The quantitative estimate of drug-likeness (QED) is 0.435. The van der Waals surface area contributed by atoms with Crippen LogP contribution in [0.15, 0.2) is 60.7 Å². The summed E-state index contributed by atoms with van der Waals surface area (Å²) < 4.78 is 2.79. The molecule has 0 saturated carbocycles. The van der Waals surface area contributed by atoms with Gasteiger partial charge in [0.1, 0.15) is 0 Å². The Hall–Kier alpha value is -2.41. The van der Waals surface area contributed by atoms with Crippen molar-refractivity contribution in [2.75, 3.05) is 0 Å². The fourth-order valence-electron chi connectivity index (χ4n) is 5.81. The highest BCUT2D eigenvalue weighted by atomic mass is 15.1. The summed E-state index contributed by atoms with van der Waals surface area (Å²) in [6.07, 6.45) is 9.81. The number of rotatable bonds is 5. The minimum absolute atomic E-state index is 0.274. The maximum Gasteiger partial charge on any atom is 0.213 e. The molecule has 0 amide bonds. The number of nitrogens with zero attached hydrogens (tertiary/aromatic N) is 1. The molecule has 0 fully saturated rings. The Morgan fingerprint density at radius 1 is 0.897 bits per heavy atom. The lowest BCUT2D eigenvalue weighted by Crippen LogP contribution is -2.55. The third-order valence-electron chi connectivity index (χ3n) is 7.41. The van der Waals surface area contributed by atoms with Crippen molar-refractivity contribution in [3.63, 3.8) is 0 Å². The predicted molar refractivity (Wildman–Crippen MR) is 121 cm³/mol. The fourth-order valence-corrected chi connectivity index (χ4v) is 5.81. The number of pyridine rings is 1. The van der Waals surface area contributed by atoms with Crippen LogP contribution in [0, 0.1) is 0 Å². The van der Waals surface area contributed by atoms with Crippen LogP contribution in [0.1, 0.15) is 62.8 Å². The molecule has 0 N–H and O–H groups in total. The van der Waals surface area contributed by atoms with Gasteiger partial charge in [0, 0.05) is 37.3 Å². The summed E-state index contributed by atoms with van der Waals surface area (Å²) in [5.74, 6) is 0. The minimum Gasteiger partial charge on any atom is -0.190 e. The van der Waals surface area contributed by atoms with Gasteiger partial charge in [-0.15, -0.1) is 0 Å². The first-order chi connectivity index (χ1) is 14.3. The third-order valence-corrected chi connectivity index (χ3v) is 7.41. The maximum absolute atomic E-state index is 2.79. The first-order valence-electron chi connectivity index (χ1n) is 11.5. The van der Waals surface area contributed by atoms with E-state index in [2.05, 4.69) is 79.1 Å². The zero-order valence-corrected chi connectivity index (χ0v) is 17.9. The van der Waals surface area contributed by atoms with E-state index in [1.165, 1.54) is 79.3 Å². The van der Waals surface area contributed by atoms with Gasteiger partial charge in [0.25, 0.3) is 0 Å². The Kier molecular flexibility index (Phi) is 4.78. The molecule has 1 aromatic heterocycles. The summed E-state index contributed by atoms with van der Waals surface area (Å²) >= 11 is 0. The molecule has 2 aliphatic heterocycles. The lowest BCUT2D eigenvalue weighted by atomic mass is 9.87. The van der Waals surface area contributed by atoms with Crippen molar-refractivity contribution < 1.29 is 4.57 Å². The van der Waals surface area contributed by atoms with E-state index in [0.29, 0.717) is 0 Å². The molecular weight excluding hydrogens is 350 g/mol. The fraction of sp³-hybridized carbons (Fsp3) is 0.393. The summed E-state index contributed by atoms with van der Waals surface area (Å²) in [5, 5.41) is 0. The van der Waals surface area contributed by atoms with E-state index in [4.69, 9.17) is 0 Å². The molecule has 1 nitrogen and oxygen atoms in total. The first kappa shape index (κ1) is 18.6. The van der Waals surface area contributed by atoms with E-state index in [1.54, 1.807) is 11.3 Å². The molecule has 0 aliphatic carbocycles. The van der Waals surface area contributed by atoms with E-state index in [0.717, 1.165) is 0 Å². The summed E-state index contributed by atoms with van der Waals surface area (Å²) in [6.45, 7) is 4.70. The molecule has 1 atom stereocenters. The van der Waals surface area contributed by atoms with Gasteiger partial charge >= 0.3 is 0 Å². The van der Waals surface area contributed by atoms with Gasteiger partial charge in [0.15, 0.2) is 11.2 Å². The molecule has 148 valence electrons. The Balaban J connectivity index is 1.84. The van der Waals surface area contributed by atoms with Crippen LogP contribution in [0.2, 0.25) is 0 Å². The number of hydrogen-bond donors (Lipinski definition) is 0. The molecule has 2 aromatic carbocycles. The van der Waals surface area contributed by atoms with Crippen molar-refractivity contribution in [3.05, 3.63) is 77.5 Å². The van der Waals surface area contributed by atoms with Crippen molar-refractivity contribution in [3.8, 4) is 22.4 Å². The Bertz CT molecular complexity index is 1030. The van der Waals surface area contributed by atoms with E-state index in [1.807, 2.05) is 0 Å². The number of aryl methyl sites for hydroxylation is 2. The second-order valence-corrected chi connectivity index (χ2v) is 8.92. The van der Waals surface area contributed by atoms with E-state index in [-0.39, 0.29) is 5.54 Å². The van der Waals surface area contributed by atoms with Crippen LogP contribution in [-0.4, -0.2) is 0 Å². The molecule has 29 heavy (non-hydrogen) atoms. The molecule has 0 spiro atoms. The molecule has 3 aromatic rings. The van der Waals surface area contributed by atoms with E-state index >= 15 is 0 Å². The van der Waals surface area contributed by atoms with Gasteiger partial charge < -0.3 is 0 Å². The lowest BCUT2D eigenvalue weighted by molar-refractivity contribution is -0.748. The number of unbranched alkanes of at least 4 members (excludes halogenated alkanes) is 1. The van der Waals surface area contributed by atoms with Gasteiger partial charge in [-0.2, -0.15) is 4.57 Å². The van der Waals surface area contributed by atoms with Gasteiger partial charge in [0.2, 0.25) is 5.69 Å². The monoisotopic (exact) mass is 382 g/mol. The first-order valence-corrected chi connectivity index (χ1v) is 11.5. The summed E-state index contributed by atoms with van der Waals surface area (Å²) in [6, 6.07) is 22.8. The molecular formula is C28H32N+. The smallest absolute Gasteiger partial charge is 0.190 e. The second-order valence-electron chi connectivity index (χ2n) is 8.92. The lowest BCUT2D eigenvalue weighted by Gasteiger charge is -2.24. The molecule has 0 radical (unpaired) electrons. The predicted octanol–water partition coefficient (Wildman–Crippen LogP) is 6.65. The van der Waals surface area contributed by atoms with Crippen molar-refractivity contribution in [1.29, 1.82) is 0 Å². The van der Waals surface area contributed by atoms with Crippen LogP contribution in [0.3, 0.4) is 0 Å². The topological polar surface area (TPSA) is 3.88 Å². The largest absolute Gasteiger partial charge is 0.213 e. The molecule has 0 bridgehead atoms. The molecule has 3 heterocycles. The molecule has 2 aliphatic rings.